The molecular weight excluding hydrogens is 464 g/mol. The predicted octanol–water partition coefficient (Wildman–Crippen LogP) is 3.38. The van der Waals surface area contributed by atoms with Crippen LogP contribution >= 0.6 is 11.6 Å². The van der Waals surface area contributed by atoms with E-state index in [9.17, 15) is 10.1 Å². The van der Waals surface area contributed by atoms with Crippen LogP contribution in [0.2, 0.25) is 5.02 Å². The number of carbonyl (C=O) groups is 1. The lowest BCUT2D eigenvalue weighted by molar-refractivity contribution is -0.118. The summed E-state index contributed by atoms with van der Waals surface area (Å²) in [5, 5.41) is 17.7. The summed E-state index contributed by atoms with van der Waals surface area (Å²) < 4.78 is 1.71. The minimum atomic E-state index is 0.256. The molecule has 186 valence electrons. The smallest absolute Gasteiger partial charge is 0.209 e. The molecule has 35 heavy (non-hydrogen) atoms. The lowest BCUT2D eigenvalue weighted by Crippen LogP contribution is -2.46. The Hall–Kier alpha value is -3.22. The zero-order valence-electron chi connectivity index (χ0n) is 20.7. The Morgan fingerprint density at radius 2 is 1.89 bits per heavy atom. The Kier molecular flexibility index (Phi) is 9.82. The van der Waals surface area contributed by atoms with Crippen LogP contribution in [0.5, 0.6) is 0 Å². The number of nitriles is 1. The molecule has 3 aromatic rings. The Morgan fingerprint density at radius 3 is 2.46 bits per heavy atom. The van der Waals surface area contributed by atoms with Gasteiger partial charge in [0, 0.05) is 31.2 Å². The van der Waals surface area contributed by atoms with Crippen molar-refractivity contribution in [1.82, 2.24) is 30.0 Å². The predicted molar refractivity (Wildman–Crippen MR) is 139 cm³/mol. The maximum absolute atomic E-state index is 10.9. The number of amides is 1. The van der Waals surface area contributed by atoms with Gasteiger partial charge in [0.15, 0.2) is 11.3 Å². The second-order valence-electron chi connectivity index (χ2n) is 8.17. The van der Waals surface area contributed by atoms with E-state index in [0.717, 1.165) is 23.4 Å². The lowest BCUT2D eigenvalue weighted by atomic mass is 10.1. The summed E-state index contributed by atoms with van der Waals surface area (Å²) in [5.74, 6) is 0.719. The third-order valence-corrected chi connectivity index (χ3v) is 6.14. The summed E-state index contributed by atoms with van der Waals surface area (Å²) in [6, 6.07) is 7.79. The van der Waals surface area contributed by atoms with Crippen LogP contribution in [0, 0.1) is 18.3 Å². The molecule has 2 aliphatic rings. The third kappa shape index (κ3) is 6.68. The molecule has 2 saturated heterocycles. The molecule has 10 heteroatoms. The number of hydrogen-bond acceptors (Lipinski definition) is 7. The number of anilines is 1. The number of carbonyl (C=O) groups excluding carboxylic acids is 1. The molecule has 1 N–H and O–H groups in total. The summed E-state index contributed by atoms with van der Waals surface area (Å²) >= 11 is 6.05. The van der Waals surface area contributed by atoms with Crippen LogP contribution in [0.3, 0.4) is 0 Å². The van der Waals surface area contributed by atoms with Crippen LogP contribution in [0.4, 0.5) is 5.82 Å². The molecular formula is C25H33ClN8O. The van der Waals surface area contributed by atoms with Gasteiger partial charge in [0.25, 0.3) is 0 Å². The van der Waals surface area contributed by atoms with Crippen LogP contribution in [0.25, 0.3) is 11.2 Å². The van der Waals surface area contributed by atoms with Gasteiger partial charge in [-0.3, -0.25) is 4.79 Å². The highest BCUT2D eigenvalue weighted by atomic mass is 35.5. The molecule has 0 bridgehead atoms. The number of hydrogen-bond donors (Lipinski definition) is 1. The van der Waals surface area contributed by atoms with E-state index in [0.29, 0.717) is 48.9 Å². The molecule has 5 rings (SSSR count). The summed E-state index contributed by atoms with van der Waals surface area (Å²) in [5.41, 5.74) is 3.41. The first-order valence-electron chi connectivity index (χ1n) is 12.1. The summed E-state index contributed by atoms with van der Waals surface area (Å²) in [6.07, 6.45) is 5.31. The topological polar surface area (TPSA) is 103 Å². The van der Waals surface area contributed by atoms with Gasteiger partial charge in [-0.1, -0.05) is 31.5 Å². The van der Waals surface area contributed by atoms with Crippen LogP contribution in [0.1, 0.15) is 43.5 Å². The Balaban J connectivity index is 0.000000428. The monoisotopic (exact) mass is 496 g/mol. The van der Waals surface area contributed by atoms with Gasteiger partial charge in [-0.2, -0.15) is 10.4 Å². The molecule has 1 amide bonds. The van der Waals surface area contributed by atoms with Crippen molar-refractivity contribution in [3.8, 4) is 6.07 Å². The van der Waals surface area contributed by atoms with E-state index in [4.69, 9.17) is 16.6 Å². The summed E-state index contributed by atoms with van der Waals surface area (Å²) in [7, 11) is 0. The zero-order valence-corrected chi connectivity index (χ0v) is 21.4. The van der Waals surface area contributed by atoms with Gasteiger partial charge in [-0.05, 0) is 56.1 Å². The van der Waals surface area contributed by atoms with E-state index in [1.54, 1.807) is 15.8 Å². The van der Waals surface area contributed by atoms with Crippen molar-refractivity contribution in [3.63, 3.8) is 0 Å². The van der Waals surface area contributed by atoms with Gasteiger partial charge in [0.05, 0.1) is 12.7 Å². The molecule has 0 radical (unpaired) electrons. The molecule has 2 aromatic heterocycles. The van der Waals surface area contributed by atoms with Crippen molar-refractivity contribution in [1.29, 1.82) is 5.26 Å². The molecule has 4 heterocycles. The Labute approximate surface area is 211 Å². The second-order valence-corrected chi connectivity index (χ2v) is 8.61. The average molecular weight is 497 g/mol. The number of halogens is 1. The molecule has 2 aliphatic heterocycles. The van der Waals surface area contributed by atoms with Gasteiger partial charge < -0.3 is 15.1 Å². The van der Waals surface area contributed by atoms with Crippen molar-refractivity contribution in [2.24, 2.45) is 0 Å². The first-order valence-corrected chi connectivity index (χ1v) is 12.5. The van der Waals surface area contributed by atoms with Crippen molar-refractivity contribution in [2.45, 2.75) is 40.2 Å². The van der Waals surface area contributed by atoms with Gasteiger partial charge in [-0.25, -0.2) is 14.6 Å². The highest BCUT2D eigenvalue weighted by molar-refractivity contribution is 6.30. The SMILES string of the molecule is C1CCNC1.CC.Cc1cc(Cl)ccc1Cn1nc(C#N)c2ncc(N3CCN(C=O)CC3)nc21. The normalized spacial score (nSPS) is 15.1. The van der Waals surface area contributed by atoms with Crippen LogP contribution < -0.4 is 10.2 Å². The van der Waals surface area contributed by atoms with Crippen LogP contribution in [-0.2, 0) is 11.3 Å². The highest BCUT2D eigenvalue weighted by Crippen LogP contribution is 2.22. The van der Waals surface area contributed by atoms with Gasteiger partial charge in [-0.15, -0.1) is 0 Å². The summed E-state index contributed by atoms with van der Waals surface area (Å²) in [4.78, 5) is 23.9. The standard InChI is InChI=1S/C19H18ClN7O.C4H9N.C2H6/c1-13-8-15(20)3-2-14(13)11-27-19-18(16(9-21)24-27)22-10-17(23-19)26-6-4-25(12-28)5-7-26;1-2-4-5-3-1;1-2/h2-3,8,10,12H,4-7,11H2,1H3;5H,1-4H2;1-2H3. The Bertz CT molecular complexity index is 1150. The number of rotatable bonds is 4. The van der Waals surface area contributed by atoms with Gasteiger partial charge >= 0.3 is 0 Å². The maximum Gasteiger partial charge on any atom is 0.209 e. The molecule has 1 aromatic carbocycles. The van der Waals surface area contributed by atoms with E-state index in [2.05, 4.69) is 26.4 Å². The minimum Gasteiger partial charge on any atom is -0.352 e. The number of piperazine rings is 1. The van der Waals surface area contributed by atoms with E-state index in [-0.39, 0.29) is 5.69 Å². The van der Waals surface area contributed by atoms with Crippen molar-refractivity contribution < 1.29 is 4.79 Å². The quantitative estimate of drug-likeness (QED) is 0.552. The first-order chi connectivity index (χ1) is 17.1. The molecule has 0 atom stereocenters. The minimum absolute atomic E-state index is 0.256. The lowest BCUT2D eigenvalue weighted by Gasteiger charge is -2.33. The van der Waals surface area contributed by atoms with Crippen LogP contribution in [0.15, 0.2) is 24.4 Å². The number of nitrogens with zero attached hydrogens (tertiary/aromatic N) is 7. The molecule has 0 spiro atoms. The first kappa shape index (κ1) is 26.4. The summed E-state index contributed by atoms with van der Waals surface area (Å²) in [6.45, 7) is 11.6. The van der Waals surface area contributed by atoms with E-state index in [1.807, 2.05) is 39.0 Å². The highest BCUT2D eigenvalue weighted by Gasteiger charge is 2.20. The fraction of sp³-hybridized carbons (Fsp3) is 0.480. The Morgan fingerprint density at radius 1 is 1.17 bits per heavy atom. The number of nitrogens with one attached hydrogen (secondary N) is 1. The van der Waals surface area contributed by atoms with E-state index < -0.39 is 0 Å². The van der Waals surface area contributed by atoms with E-state index >= 15 is 0 Å². The van der Waals surface area contributed by atoms with Crippen molar-refractivity contribution >= 4 is 35.0 Å². The molecule has 0 saturated carbocycles. The van der Waals surface area contributed by atoms with Gasteiger partial charge in [0.1, 0.15) is 17.4 Å². The number of aromatic nitrogens is 4. The molecule has 9 nitrogen and oxygen atoms in total. The fourth-order valence-corrected chi connectivity index (χ4v) is 4.18. The average Bonchev–Trinajstić information content (AvgIpc) is 3.59. The second kappa shape index (κ2) is 13.0. The number of aryl methyl sites for hydroxylation is 1. The molecule has 0 aliphatic carbocycles. The maximum atomic E-state index is 10.9. The zero-order chi connectivity index (χ0) is 25.2. The molecule has 0 unspecified atom stereocenters. The number of fused-ring (bicyclic) bond motifs is 1. The fourth-order valence-electron chi connectivity index (χ4n) is 3.95. The van der Waals surface area contributed by atoms with Crippen molar-refractivity contribution in [3.05, 3.63) is 46.2 Å². The molecule has 2 fully saturated rings. The number of benzene rings is 1. The third-order valence-electron chi connectivity index (χ3n) is 5.91. The van der Waals surface area contributed by atoms with E-state index in [1.165, 1.54) is 25.9 Å². The van der Waals surface area contributed by atoms with Crippen LogP contribution in [-0.4, -0.2) is 70.3 Å². The largest absolute Gasteiger partial charge is 0.352 e. The van der Waals surface area contributed by atoms with Crippen molar-refractivity contribution in [2.75, 3.05) is 44.2 Å². The van der Waals surface area contributed by atoms with Gasteiger partial charge in [0.2, 0.25) is 6.41 Å².